The zero-order valence-corrected chi connectivity index (χ0v) is 9.09. The molecule has 1 aliphatic carbocycles. The molecule has 0 atom stereocenters. The maximum absolute atomic E-state index is 11.5. The molecule has 3 nitrogen and oxygen atoms in total. The van der Waals surface area contributed by atoms with E-state index in [1.165, 1.54) is 12.7 Å². The Morgan fingerprint density at radius 2 is 2.40 bits per heavy atom. The summed E-state index contributed by atoms with van der Waals surface area (Å²) in [6, 6.07) is 0. The van der Waals surface area contributed by atoms with Gasteiger partial charge in [0, 0.05) is 5.69 Å². The molecule has 1 N–H and O–H groups in total. The normalized spacial score (nSPS) is 13.7. The van der Waals surface area contributed by atoms with Crippen molar-refractivity contribution in [2.75, 3.05) is 7.11 Å². The van der Waals surface area contributed by atoms with Crippen molar-refractivity contribution >= 4 is 12.0 Å². The Kier molecular flexibility index (Phi) is 2.62. The van der Waals surface area contributed by atoms with Gasteiger partial charge in [-0.15, -0.1) is 0 Å². The number of hydrogen-bond donors (Lipinski definition) is 1. The van der Waals surface area contributed by atoms with Crippen LogP contribution in [0.5, 0.6) is 0 Å². The van der Waals surface area contributed by atoms with Crippen LogP contribution in [0.2, 0.25) is 0 Å². The standard InChI is InChI=1S/C12H15NO2/c1-3-8-9-6-4-5-7-10(9)13-11(8)12(14)15-2/h5,7,13H,3-4,6H2,1-2H3. The number of methoxy groups -OCH3 is 1. The number of fused-ring (bicyclic) bond motifs is 1. The number of allylic oxidation sites excluding steroid dienone is 1. The van der Waals surface area contributed by atoms with E-state index in [4.69, 9.17) is 4.74 Å². The smallest absolute Gasteiger partial charge is 0.354 e. The second-order valence-corrected chi connectivity index (χ2v) is 3.66. The van der Waals surface area contributed by atoms with E-state index >= 15 is 0 Å². The van der Waals surface area contributed by atoms with Crippen LogP contribution >= 0.6 is 0 Å². The van der Waals surface area contributed by atoms with E-state index < -0.39 is 0 Å². The SMILES string of the molecule is CCc1c(C(=O)OC)[nH]c2c1CCC=C2. The number of carbonyl (C=O) groups excluding carboxylic acids is 1. The number of ether oxygens (including phenoxy) is 1. The van der Waals surface area contributed by atoms with E-state index in [0.717, 1.165) is 30.5 Å². The molecule has 0 aliphatic heterocycles. The number of aromatic amines is 1. The van der Waals surface area contributed by atoms with Gasteiger partial charge in [0.25, 0.3) is 0 Å². The molecular formula is C12H15NO2. The molecule has 0 unspecified atom stereocenters. The molecular weight excluding hydrogens is 190 g/mol. The Morgan fingerprint density at radius 3 is 3.07 bits per heavy atom. The summed E-state index contributed by atoms with van der Waals surface area (Å²) in [7, 11) is 1.41. The van der Waals surface area contributed by atoms with E-state index in [-0.39, 0.29) is 5.97 Å². The molecule has 1 heterocycles. The van der Waals surface area contributed by atoms with E-state index in [0.29, 0.717) is 5.69 Å². The zero-order valence-electron chi connectivity index (χ0n) is 9.09. The van der Waals surface area contributed by atoms with Crippen LogP contribution in [0.15, 0.2) is 6.08 Å². The van der Waals surface area contributed by atoms with E-state index in [9.17, 15) is 4.79 Å². The molecule has 0 spiro atoms. The van der Waals surface area contributed by atoms with Crippen molar-refractivity contribution in [1.82, 2.24) is 4.98 Å². The number of H-pyrrole nitrogens is 1. The second-order valence-electron chi connectivity index (χ2n) is 3.66. The highest BCUT2D eigenvalue weighted by Gasteiger charge is 2.20. The fourth-order valence-corrected chi connectivity index (χ4v) is 2.12. The maximum atomic E-state index is 11.5. The predicted octanol–water partition coefficient (Wildman–Crippen LogP) is 2.32. The van der Waals surface area contributed by atoms with Crippen molar-refractivity contribution in [1.29, 1.82) is 0 Å². The lowest BCUT2D eigenvalue weighted by Crippen LogP contribution is -2.05. The van der Waals surface area contributed by atoms with Crippen LogP contribution in [0.4, 0.5) is 0 Å². The average Bonchev–Trinajstić information content (AvgIpc) is 2.66. The van der Waals surface area contributed by atoms with Gasteiger partial charge in [0.2, 0.25) is 0 Å². The molecule has 2 rings (SSSR count). The number of hydrogen-bond acceptors (Lipinski definition) is 2. The van der Waals surface area contributed by atoms with Crippen molar-refractivity contribution in [3.05, 3.63) is 28.6 Å². The van der Waals surface area contributed by atoms with Crippen LogP contribution in [-0.4, -0.2) is 18.1 Å². The molecule has 0 radical (unpaired) electrons. The van der Waals surface area contributed by atoms with Crippen molar-refractivity contribution in [3.8, 4) is 0 Å². The summed E-state index contributed by atoms with van der Waals surface area (Å²) in [6.07, 6.45) is 7.11. The number of esters is 1. The fourth-order valence-electron chi connectivity index (χ4n) is 2.12. The van der Waals surface area contributed by atoms with Crippen LogP contribution in [-0.2, 0) is 17.6 Å². The number of rotatable bonds is 2. The number of nitrogens with one attached hydrogen (secondary N) is 1. The van der Waals surface area contributed by atoms with Gasteiger partial charge in [-0.2, -0.15) is 0 Å². The van der Waals surface area contributed by atoms with E-state index in [2.05, 4.69) is 18.0 Å². The summed E-state index contributed by atoms with van der Waals surface area (Å²) >= 11 is 0. The zero-order chi connectivity index (χ0) is 10.8. The number of carbonyl (C=O) groups is 1. The third kappa shape index (κ3) is 1.58. The molecule has 80 valence electrons. The van der Waals surface area contributed by atoms with Gasteiger partial charge in [-0.1, -0.05) is 13.0 Å². The largest absolute Gasteiger partial charge is 0.464 e. The third-order valence-corrected chi connectivity index (χ3v) is 2.84. The van der Waals surface area contributed by atoms with Gasteiger partial charge >= 0.3 is 5.97 Å². The van der Waals surface area contributed by atoms with Crippen LogP contribution in [0.1, 0.15) is 40.7 Å². The molecule has 15 heavy (non-hydrogen) atoms. The van der Waals surface area contributed by atoms with Crippen LogP contribution in [0, 0.1) is 0 Å². The molecule has 1 aliphatic rings. The van der Waals surface area contributed by atoms with Gasteiger partial charge in [0.15, 0.2) is 0 Å². The Bertz CT molecular complexity index is 416. The van der Waals surface area contributed by atoms with Crippen LogP contribution in [0.25, 0.3) is 6.08 Å². The van der Waals surface area contributed by atoms with E-state index in [1.54, 1.807) is 0 Å². The van der Waals surface area contributed by atoms with Gasteiger partial charge in [-0.05, 0) is 36.5 Å². The summed E-state index contributed by atoms with van der Waals surface area (Å²) in [4.78, 5) is 14.7. The van der Waals surface area contributed by atoms with Crippen LogP contribution in [0.3, 0.4) is 0 Å². The molecule has 0 aromatic carbocycles. The molecule has 3 heteroatoms. The molecule has 0 saturated carbocycles. The molecule has 1 aromatic heterocycles. The quantitative estimate of drug-likeness (QED) is 0.753. The van der Waals surface area contributed by atoms with Crippen molar-refractivity contribution < 1.29 is 9.53 Å². The first-order valence-corrected chi connectivity index (χ1v) is 5.26. The Balaban J connectivity index is 2.52. The van der Waals surface area contributed by atoms with Crippen molar-refractivity contribution in [2.45, 2.75) is 26.2 Å². The van der Waals surface area contributed by atoms with Crippen molar-refractivity contribution in [3.63, 3.8) is 0 Å². The van der Waals surface area contributed by atoms with Crippen LogP contribution < -0.4 is 0 Å². The maximum Gasteiger partial charge on any atom is 0.354 e. The third-order valence-electron chi connectivity index (χ3n) is 2.84. The first-order chi connectivity index (χ1) is 7.27. The molecule has 0 amide bonds. The summed E-state index contributed by atoms with van der Waals surface area (Å²) in [5, 5.41) is 0. The highest BCUT2D eigenvalue weighted by molar-refractivity contribution is 5.90. The van der Waals surface area contributed by atoms with Gasteiger partial charge in [0.05, 0.1) is 7.11 Å². The molecule has 0 saturated heterocycles. The fraction of sp³-hybridized carbons (Fsp3) is 0.417. The number of aromatic nitrogens is 1. The lowest BCUT2D eigenvalue weighted by Gasteiger charge is -2.06. The molecule has 1 aromatic rings. The second kappa shape index (κ2) is 3.93. The van der Waals surface area contributed by atoms with E-state index in [1.807, 2.05) is 6.08 Å². The average molecular weight is 205 g/mol. The van der Waals surface area contributed by atoms with Gasteiger partial charge in [-0.3, -0.25) is 0 Å². The minimum absolute atomic E-state index is 0.269. The first-order valence-electron chi connectivity index (χ1n) is 5.26. The highest BCUT2D eigenvalue weighted by Crippen LogP contribution is 2.26. The Morgan fingerprint density at radius 1 is 1.60 bits per heavy atom. The molecule has 0 fully saturated rings. The Hall–Kier alpha value is -1.51. The topological polar surface area (TPSA) is 42.1 Å². The summed E-state index contributed by atoms with van der Waals surface area (Å²) in [5.41, 5.74) is 4.08. The van der Waals surface area contributed by atoms with Crippen molar-refractivity contribution in [2.24, 2.45) is 0 Å². The van der Waals surface area contributed by atoms with Gasteiger partial charge in [0.1, 0.15) is 5.69 Å². The summed E-state index contributed by atoms with van der Waals surface area (Å²) in [6.45, 7) is 2.06. The predicted molar refractivity (Wildman–Crippen MR) is 58.9 cm³/mol. The van der Waals surface area contributed by atoms with Gasteiger partial charge in [-0.25, -0.2) is 4.79 Å². The van der Waals surface area contributed by atoms with Gasteiger partial charge < -0.3 is 9.72 Å². The summed E-state index contributed by atoms with van der Waals surface area (Å²) < 4.78 is 4.76. The summed E-state index contributed by atoms with van der Waals surface area (Å²) in [5.74, 6) is -0.269. The Labute approximate surface area is 89.1 Å². The lowest BCUT2D eigenvalue weighted by molar-refractivity contribution is 0.0593. The molecule has 0 bridgehead atoms. The minimum atomic E-state index is -0.269. The lowest BCUT2D eigenvalue weighted by atomic mass is 9.98. The highest BCUT2D eigenvalue weighted by atomic mass is 16.5. The first kappa shape index (κ1) is 10.0. The minimum Gasteiger partial charge on any atom is -0.464 e. The monoisotopic (exact) mass is 205 g/mol.